The van der Waals surface area contributed by atoms with Crippen LogP contribution in [0.25, 0.3) is 15.2 Å². The fourth-order valence-electron chi connectivity index (χ4n) is 3.25. The van der Waals surface area contributed by atoms with Gasteiger partial charge in [-0.15, -0.1) is 22.7 Å². The van der Waals surface area contributed by atoms with E-state index in [4.69, 9.17) is 4.98 Å². The lowest BCUT2D eigenvalue weighted by Crippen LogP contribution is -2.23. The van der Waals surface area contributed by atoms with Crippen LogP contribution in [-0.2, 0) is 12.3 Å². The molecule has 4 heterocycles. The normalized spacial score (nSPS) is 11.7. The van der Waals surface area contributed by atoms with Gasteiger partial charge in [-0.05, 0) is 32.8 Å². The third-order valence-electron chi connectivity index (χ3n) is 4.97. The summed E-state index contributed by atoms with van der Waals surface area (Å²) in [7, 11) is 0. The molecule has 0 saturated carbocycles. The van der Waals surface area contributed by atoms with Gasteiger partial charge in [0.05, 0.1) is 11.1 Å². The molecule has 0 bridgehead atoms. The molecule has 4 aromatic rings. The zero-order chi connectivity index (χ0) is 20.7. The SMILES string of the molecule is CCCCn1c(SCc2cc(=O)n3c(C)csc3n2)nc2sc(C)c(C)c2c1=O. The number of unbranched alkanes of at least 4 members (excludes halogenated alkanes) is 1. The Morgan fingerprint density at radius 1 is 1.17 bits per heavy atom. The highest BCUT2D eigenvalue weighted by Crippen LogP contribution is 2.29. The van der Waals surface area contributed by atoms with E-state index in [0.717, 1.165) is 39.2 Å². The van der Waals surface area contributed by atoms with Gasteiger partial charge in [0.15, 0.2) is 10.1 Å². The van der Waals surface area contributed by atoms with Gasteiger partial charge in [-0.25, -0.2) is 9.97 Å². The first kappa shape index (κ1) is 20.3. The van der Waals surface area contributed by atoms with Crippen molar-refractivity contribution >= 4 is 49.6 Å². The molecular formula is C20H22N4O2S3. The molecular weight excluding hydrogens is 424 g/mol. The summed E-state index contributed by atoms with van der Waals surface area (Å²) in [5, 5.41) is 3.36. The molecule has 0 aliphatic rings. The number of thiazole rings is 1. The summed E-state index contributed by atoms with van der Waals surface area (Å²) in [6.45, 7) is 8.68. The number of thioether (sulfide) groups is 1. The second kappa shape index (κ2) is 8.04. The third-order valence-corrected chi connectivity index (χ3v) is 8.02. The lowest BCUT2D eigenvalue weighted by atomic mass is 10.2. The van der Waals surface area contributed by atoms with Crippen molar-refractivity contribution < 1.29 is 0 Å². The summed E-state index contributed by atoms with van der Waals surface area (Å²) < 4.78 is 3.41. The van der Waals surface area contributed by atoms with E-state index >= 15 is 0 Å². The zero-order valence-corrected chi connectivity index (χ0v) is 19.3. The highest BCUT2D eigenvalue weighted by molar-refractivity contribution is 7.98. The molecule has 0 aliphatic carbocycles. The van der Waals surface area contributed by atoms with Gasteiger partial charge in [0, 0.05) is 34.3 Å². The molecule has 0 aliphatic heterocycles. The van der Waals surface area contributed by atoms with Gasteiger partial charge in [0.25, 0.3) is 11.1 Å². The smallest absolute Gasteiger partial charge is 0.263 e. The summed E-state index contributed by atoms with van der Waals surface area (Å²) in [6, 6.07) is 1.58. The third kappa shape index (κ3) is 3.67. The first-order valence-corrected chi connectivity index (χ1v) is 12.2. The second-order valence-corrected chi connectivity index (χ2v) is 10.0. The zero-order valence-electron chi connectivity index (χ0n) is 16.8. The lowest BCUT2D eigenvalue weighted by Gasteiger charge is -2.11. The van der Waals surface area contributed by atoms with E-state index < -0.39 is 0 Å². The van der Waals surface area contributed by atoms with Crippen LogP contribution in [0, 0.1) is 20.8 Å². The highest BCUT2D eigenvalue weighted by Gasteiger charge is 2.17. The molecule has 0 unspecified atom stereocenters. The van der Waals surface area contributed by atoms with Crippen LogP contribution >= 0.6 is 34.4 Å². The van der Waals surface area contributed by atoms with Gasteiger partial charge in [-0.1, -0.05) is 25.1 Å². The molecule has 29 heavy (non-hydrogen) atoms. The number of fused-ring (bicyclic) bond motifs is 2. The molecule has 6 nitrogen and oxygen atoms in total. The Kier molecular flexibility index (Phi) is 5.63. The van der Waals surface area contributed by atoms with Crippen molar-refractivity contribution in [3.63, 3.8) is 0 Å². The maximum Gasteiger partial charge on any atom is 0.263 e. The van der Waals surface area contributed by atoms with Gasteiger partial charge in [0.1, 0.15) is 4.83 Å². The first-order chi connectivity index (χ1) is 13.9. The van der Waals surface area contributed by atoms with Crippen LogP contribution in [0.1, 0.15) is 41.6 Å². The van der Waals surface area contributed by atoms with Crippen LogP contribution in [-0.4, -0.2) is 18.9 Å². The summed E-state index contributed by atoms with van der Waals surface area (Å²) >= 11 is 4.49. The minimum Gasteiger partial charge on any atom is -0.287 e. The number of thiophene rings is 1. The molecule has 0 spiro atoms. The molecule has 0 N–H and O–H groups in total. The number of aryl methyl sites for hydroxylation is 3. The Hall–Kier alpha value is -1.97. The quantitative estimate of drug-likeness (QED) is 0.321. The van der Waals surface area contributed by atoms with E-state index in [0.29, 0.717) is 28.1 Å². The molecule has 0 radical (unpaired) electrons. The van der Waals surface area contributed by atoms with Gasteiger partial charge in [0.2, 0.25) is 0 Å². The van der Waals surface area contributed by atoms with Crippen molar-refractivity contribution in [2.45, 2.75) is 58.0 Å². The van der Waals surface area contributed by atoms with Gasteiger partial charge in [-0.2, -0.15) is 0 Å². The van der Waals surface area contributed by atoms with Crippen molar-refractivity contribution in [3.05, 3.63) is 54.0 Å². The van der Waals surface area contributed by atoms with Gasteiger partial charge < -0.3 is 0 Å². The molecule has 0 aromatic carbocycles. The van der Waals surface area contributed by atoms with Crippen LogP contribution in [0.5, 0.6) is 0 Å². The maximum atomic E-state index is 13.2. The Balaban J connectivity index is 1.73. The van der Waals surface area contributed by atoms with Crippen molar-refractivity contribution in [1.29, 1.82) is 0 Å². The second-order valence-electron chi connectivity index (χ2n) is 7.04. The molecule has 152 valence electrons. The molecule has 4 aromatic heterocycles. The van der Waals surface area contributed by atoms with Crippen LogP contribution < -0.4 is 11.1 Å². The van der Waals surface area contributed by atoms with Crippen LogP contribution in [0.4, 0.5) is 0 Å². The lowest BCUT2D eigenvalue weighted by molar-refractivity contribution is 0.558. The summed E-state index contributed by atoms with van der Waals surface area (Å²) in [6.07, 6.45) is 1.92. The average Bonchev–Trinajstić information content (AvgIpc) is 3.19. The predicted molar refractivity (Wildman–Crippen MR) is 122 cm³/mol. The molecule has 0 amide bonds. The monoisotopic (exact) mass is 446 g/mol. The first-order valence-electron chi connectivity index (χ1n) is 9.50. The van der Waals surface area contributed by atoms with E-state index in [9.17, 15) is 9.59 Å². The van der Waals surface area contributed by atoms with E-state index in [1.165, 1.54) is 23.1 Å². The van der Waals surface area contributed by atoms with Crippen LogP contribution in [0.15, 0.2) is 26.2 Å². The fourth-order valence-corrected chi connectivity index (χ4v) is 6.12. The molecule has 9 heteroatoms. The Morgan fingerprint density at radius 3 is 2.72 bits per heavy atom. The minimum atomic E-state index is -0.0689. The van der Waals surface area contributed by atoms with E-state index in [2.05, 4.69) is 11.9 Å². The molecule has 0 atom stereocenters. The van der Waals surface area contributed by atoms with Gasteiger partial charge in [-0.3, -0.25) is 18.6 Å². The van der Waals surface area contributed by atoms with Crippen LogP contribution in [0.2, 0.25) is 0 Å². The van der Waals surface area contributed by atoms with Crippen molar-refractivity contribution in [1.82, 2.24) is 18.9 Å². The topological polar surface area (TPSA) is 69.3 Å². The number of aromatic nitrogens is 4. The van der Waals surface area contributed by atoms with Crippen molar-refractivity contribution in [2.24, 2.45) is 0 Å². The van der Waals surface area contributed by atoms with E-state index in [1.807, 2.05) is 26.2 Å². The highest BCUT2D eigenvalue weighted by atomic mass is 32.2. The van der Waals surface area contributed by atoms with Gasteiger partial charge >= 0.3 is 0 Å². The summed E-state index contributed by atoms with van der Waals surface area (Å²) in [5.41, 5.74) is 2.59. The van der Waals surface area contributed by atoms with Crippen molar-refractivity contribution in [2.75, 3.05) is 0 Å². The minimum absolute atomic E-state index is 0.0326. The molecule has 4 rings (SSSR count). The van der Waals surface area contributed by atoms with Crippen molar-refractivity contribution in [3.8, 4) is 0 Å². The predicted octanol–water partition coefficient (Wildman–Crippen LogP) is 4.55. The average molecular weight is 447 g/mol. The Bertz CT molecular complexity index is 1330. The molecule has 0 fully saturated rings. The Morgan fingerprint density at radius 2 is 1.97 bits per heavy atom. The number of rotatable bonds is 6. The summed E-state index contributed by atoms with van der Waals surface area (Å²) in [4.78, 5) is 37.6. The number of nitrogens with zero attached hydrogens (tertiary/aromatic N) is 4. The largest absolute Gasteiger partial charge is 0.287 e. The Labute approximate surface area is 180 Å². The summed E-state index contributed by atoms with van der Waals surface area (Å²) in [5.74, 6) is 0.496. The standard InChI is InChI=1S/C20H22N4O2S3/c1-5-6-7-23-18(26)16-12(3)13(4)29-17(16)22-19(23)28-10-14-8-15(25)24-11(2)9-27-20(24)21-14/h8-9H,5-7,10H2,1-4H3. The number of hydrogen-bond acceptors (Lipinski definition) is 7. The van der Waals surface area contributed by atoms with Crippen LogP contribution in [0.3, 0.4) is 0 Å². The maximum absolute atomic E-state index is 13.2. The van der Waals surface area contributed by atoms with E-state index in [-0.39, 0.29) is 11.1 Å². The molecule has 0 saturated heterocycles. The fraction of sp³-hybridized carbons (Fsp3) is 0.400. The number of hydrogen-bond donors (Lipinski definition) is 0. The van der Waals surface area contributed by atoms with E-state index in [1.54, 1.807) is 26.4 Å².